The average molecular weight is 232 g/mol. The summed E-state index contributed by atoms with van der Waals surface area (Å²) in [6, 6.07) is 5.96. The summed E-state index contributed by atoms with van der Waals surface area (Å²) in [5.74, 6) is -0.0663. The number of amides is 1. The van der Waals surface area contributed by atoms with E-state index in [-0.39, 0.29) is 5.91 Å². The third-order valence-corrected chi connectivity index (χ3v) is 2.95. The fourth-order valence-electron chi connectivity index (χ4n) is 1.49. The van der Waals surface area contributed by atoms with Gasteiger partial charge in [-0.05, 0) is 24.6 Å². The second-order valence-electron chi connectivity index (χ2n) is 3.57. The summed E-state index contributed by atoms with van der Waals surface area (Å²) < 4.78 is 0. The van der Waals surface area contributed by atoms with Crippen LogP contribution in [0.25, 0.3) is 10.6 Å². The topological polar surface area (TPSA) is 42.0 Å². The molecule has 1 aromatic heterocycles. The van der Waals surface area contributed by atoms with E-state index in [1.54, 1.807) is 17.5 Å². The molecule has 1 aromatic carbocycles. The Hall–Kier alpha value is -1.68. The number of hydrogen-bond acceptors (Lipinski definition) is 3. The SMILES string of the molecule is CC(=O)Nc1cc(C)ccc1-c1nccs1. The lowest BCUT2D eigenvalue weighted by atomic mass is 10.1. The van der Waals surface area contributed by atoms with Crippen LogP contribution in [0.4, 0.5) is 5.69 Å². The van der Waals surface area contributed by atoms with Crippen LogP contribution in [0.1, 0.15) is 12.5 Å². The minimum atomic E-state index is -0.0663. The molecule has 0 saturated heterocycles. The Morgan fingerprint density at radius 2 is 2.25 bits per heavy atom. The molecule has 0 aliphatic heterocycles. The highest BCUT2D eigenvalue weighted by Gasteiger charge is 2.08. The fourth-order valence-corrected chi connectivity index (χ4v) is 2.17. The van der Waals surface area contributed by atoms with Crippen molar-refractivity contribution >= 4 is 22.9 Å². The maximum absolute atomic E-state index is 11.1. The van der Waals surface area contributed by atoms with Gasteiger partial charge in [0.25, 0.3) is 0 Å². The van der Waals surface area contributed by atoms with Gasteiger partial charge in [-0.3, -0.25) is 4.79 Å². The number of anilines is 1. The predicted molar refractivity (Wildman–Crippen MR) is 66.6 cm³/mol. The number of rotatable bonds is 2. The van der Waals surface area contributed by atoms with Gasteiger partial charge in [0, 0.05) is 24.1 Å². The lowest BCUT2D eigenvalue weighted by Gasteiger charge is -2.08. The fraction of sp³-hybridized carbons (Fsp3) is 0.167. The quantitative estimate of drug-likeness (QED) is 0.864. The van der Waals surface area contributed by atoms with Crippen LogP contribution in [0.15, 0.2) is 29.8 Å². The Kier molecular flexibility index (Phi) is 3.01. The summed E-state index contributed by atoms with van der Waals surface area (Å²) in [4.78, 5) is 15.4. The number of hydrogen-bond donors (Lipinski definition) is 1. The van der Waals surface area contributed by atoms with Crippen molar-refractivity contribution < 1.29 is 4.79 Å². The number of benzene rings is 1. The van der Waals surface area contributed by atoms with Gasteiger partial charge in [-0.1, -0.05) is 6.07 Å². The summed E-state index contributed by atoms with van der Waals surface area (Å²) in [6.45, 7) is 3.50. The highest BCUT2D eigenvalue weighted by molar-refractivity contribution is 7.13. The Bertz CT molecular complexity index is 506. The molecule has 0 saturated carbocycles. The first-order valence-electron chi connectivity index (χ1n) is 4.95. The van der Waals surface area contributed by atoms with Crippen LogP contribution in [0, 0.1) is 6.92 Å². The molecule has 0 fully saturated rings. The second-order valence-corrected chi connectivity index (χ2v) is 4.46. The number of nitrogens with one attached hydrogen (secondary N) is 1. The normalized spacial score (nSPS) is 10.1. The van der Waals surface area contributed by atoms with E-state index in [0.29, 0.717) is 0 Å². The molecule has 0 aliphatic rings. The van der Waals surface area contributed by atoms with E-state index in [4.69, 9.17) is 0 Å². The van der Waals surface area contributed by atoms with Gasteiger partial charge in [0.05, 0.1) is 5.69 Å². The monoisotopic (exact) mass is 232 g/mol. The molecule has 2 rings (SSSR count). The van der Waals surface area contributed by atoms with E-state index in [0.717, 1.165) is 21.8 Å². The van der Waals surface area contributed by atoms with Gasteiger partial charge < -0.3 is 5.32 Å². The van der Waals surface area contributed by atoms with Crippen molar-refractivity contribution in [3.8, 4) is 10.6 Å². The van der Waals surface area contributed by atoms with Crippen LogP contribution in [0.5, 0.6) is 0 Å². The van der Waals surface area contributed by atoms with Crippen LogP contribution in [0.2, 0.25) is 0 Å². The summed E-state index contributed by atoms with van der Waals surface area (Å²) in [6.07, 6.45) is 1.76. The number of aryl methyl sites for hydroxylation is 1. The maximum atomic E-state index is 11.1. The number of carbonyl (C=O) groups excluding carboxylic acids is 1. The van der Waals surface area contributed by atoms with Gasteiger partial charge in [0.1, 0.15) is 5.01 Å². The zero-order chi connectivity index (χ0) is 11.5. The molecule has 0 bridgehead atoms. The number of carbonyl (C=O) groups is 1. The highest BCUT2D eigenvalue weighted by Crippen LogP contribution is 2.30. The summed E-state index contributed by atoms with van der Waals surface area (Å²) >= 11 is 1.56. The van der Waals surface area contributed by atoms with Crippen LogP contribution in [0.3, 0.4) is 0 Å². The van der Waals surface area contributed by atoms with Gasteiger partial charge in [0.2, 0.25) is 5.91 Å². The van der Waals surface area contributed by atoms with Crippen LogP contribution in [-0.2, 0) is 4.79 Å². The van der Waals surface area contributed by atoms with Crippen molar-refractivity contribution in [2.75, 3.05) is 5.32 Å². The summed E-state index contributed by atoms with van der Waals surface area (Å²) in [5.41, 5.74) is 2.90. The first-order chi connectivity index (χ1) is 7.66. The lowest BCUT2D eigenvalue weighted by molar-refractivity contribution is -0.114. The Morgan fingerprint density at radius 1 is 1.44 bits per heavy atom. The first-order valence-corrected chi connectivity index (χ1v) is 5.83. The van der Waals surface area contributed by atoms with Gasteiger partial charge >= 0.3 is 0 Å². The Balaban J connectivity index is 2.48. The Morgan fingerprint density at radius 3 is 2.88 bits per heavy atom. The number of nitrogens with zero attached hydrogens (tertiary/aromatic N) is 1. The van der Waals surface area contributed by atoms with Crippen LogP contribution in [-0.4, -0.2) is 10.9 Å². The molecule has 16 heavy (non-hydrogen) atoms. The molecule has 1 amide bonds. The van der Waals surface area contributed by atoms with Crippen molar-refractivity contribution in [3.63, 3.8) is 0 Å². The molecular weight excluding hydrogens is 220 g/mol. The van der Waals surface area contributed by atoms with Crippen molar-refractivity contribution in [2.24, 2.45) is 0 Å². The smallest absolute Gasteiger partial charge is 0.221 e. The van der Waals surface area contributed by atoms with E-state index in [1.807, 2.05) is 30.5 Å². The predicted octanol–water partition coefficient (Wildman–Crippen LogP) is 3.08. The molecule has 1 heterocycles. The van der Waals surface area contributed by atoms with Crippen molar-refractivity contribution in [3.05, 3.63) is 35.3 Å². The molecular formula is C12H12N2OS. The minimum Gasteiger partial charge on any atom is -0.326 e. The molecule has 2 aromatic rings. The third-order valence-electron chi connectivity index (χ3n) is 2.15. The average Bonchev–Trinajstić information content (AvgIpc) is 2.69. The minimum absolute atomic E-state index is 0.0663. The molecule has 0 unspecified atom stereocenters. The summed E-state index contributed by atoms with van der Waals surface area (Å²) in [5, 5.41) is 5.67. The molecule has 0 atom stereocenters. The maximum Gasteiger partial charge on any atom is 0.221 e. The molecule has 4 heteroatoms. The van der Waals surface area contributed by atoms with Crippen molar-refractivity contribution in [1.82, 2.24) is 4.98 Å². The van der Waals surface area contributed by atoms with Gasteiger partial charge in [-0.2, -0.15) is 0 Å². The van der Waals surface area contributed by atoms with E-state index >= 15 is 0 Å². The van der Waals surface area contributed by atoms with Crippen LogP contribution >= 0.6 is 11.3 Å². The zero-order valence-corrected chi connectivity index (χ0v) is 9.97. The van der Waals surface area contributed by atoms with Crippen molar-refractivity contribution in [1.29, 1.82) is 0 Å². The third kappa shape index (κ3) is 2.28. The Labute approximate surface area is 98.2 Å². The molecule has 3 nitrogen and oxygen atoms in total. The molecule has 0 spiro atoms. The lowest BCUT2D eigenvalue weighted by Crippen LogP contribution is -2.07. The van der Waals surface area contributed by atoms with Gasteiger partial charge in [-0.25, -0.2) is 4.98 Å². The molecule has 0 radical (unpaired) electrons. The standard InChI is InChI=1S/C12H12N2OS/c1-8-3-4-10(12-13-5-6-16-12)11(7-8)14-9(2)15/h3-7H,1-2H3,(H,14,15). The van der Waals surface area contributed by atoms with Gasteiger partial charge in [-0.15, -0.1) is 11.3 Å². The van der Waals surface area contributed by atoms with E-state index < -0.39 is 0 Å². The first kappa shape index (κ1) is 10.8. The molecule has 0 aliphatic carbocycles. The van der Waals surface area contributed by atoms with E-state index in [1.165, 1.54) is 6.92 Å². The second kappa shape index (κ2) is 4.45. The van der Waals surface area contributed by atoms with Crippen LogP contribution < -0.4 is 5.32 Å². The van der Waals surface area contributed by atoms with Gasteiger partial charge in [0.15, 0.2) is 0 Å². The van der Waals surface area contributed by atoms with Crippen molar-refractivity contribution in [2.45, 2.75) is 13.8 Å². The molecule has 82 valence electrons. The number of thiazole rings is 1. The zero-order valence-electron chi connectivity index (χ0n) is 9.15. The van der Waals surface area contributed by atoms with E-state index in [2.05, 4.69) is 10.3 Å². The summed E-state index contributed by atoms with van der Waals surface area (Å²) in [7, 11) is 0. The number of aromatic nitrogens is 1. The van der Waals surface area contributed by atoms with E-state index in [9.17, 15) is 4.79 Å². The molecule has 1 N–H and O–H groups in total. The highest BCUT2D eigenvalue weighted by atomic mass is 32.1. The largest absolute Gasteiger partial charge is 0.326 e.